The van der Waals surface area contributed by atoms with Crippen LogP contribution >= 0.6 is 0 Å². The van der Waals surface area contributed by atoms with Gasteiger partial charge in [0.05, 0.1) is 12.2 Å². The van der Waals surface area contributed by atoms with Gasteiger partial charge in [0.25, 0.3) is 0 Å². The van der Waals surface area contributed by atoms with E-state index in [1.165, 1.54) is 43.3 Å². The van der Waals surface area contributed by atoms with Crippen LogP contribution in [-0.2, 0) is 0 Å². The molecule has 2 rings (SSSR count). The predicted octanol–water partition coefficient (Wildman–Crippen LogP) is 2.30. The zero-order valence-corrected chi connectivity index (χ0v) is 12.3. The molecule has 0 spiro atoms. The second-order valence-electron chi connectivity index (χ2n) is 4.84. The van der Waals surface area contributed by atoms with E-state index in [1.54, 1.807) is 6.92 Å². The van der Waals surface area contributed by atoms with Gasteiger partial charge >= 0.3 is 0 Å². The molecule has 2 aromatic rings. The zero-order valence-electron chi connectivity index (χ0n) is 12.3. The minimum atomic E-state index is -0.762. The van der Waals surface area contributed by atoms with Crippen LogP contribution in [0.5, 0.6) is 23.0 Å². The Labute approximate surface area is 128 Å². The van der Waals surface area contributed by atoms with Gasteiger partial charge in [0.2, 0.25) is 0 Å². The molecule has 0 amide bonds. The fraction of sp³-hybridized carbons (Fsp3) is 0.250. The van der Waals surface area contributed by atoms with Gasteiger partial charge < -0.3 is 30.6 Å². The van der Waals surface area contributed by atoms with Crippen LogP contribution in [0.1, 0.15) is 37.2 Å². The minimum absolute atomic E-state index is 0.00204. The smallest absolute Gasteiger partial charge is 0.125 e. The fourth-order valence-electron chi connectivity index (χ4n) is 1.76. The van der Waals surface area contributed by atoms with Gasteiger partial charge in [-0.1, -0.05) is 0 Å². The lowest BCUT2D eigenvalue weighted by atomic mass is 10.1. The molecule has 0 saturated carbocycles. The lowest BCUT2D eigenvalue weighted by molar-refractivity contribution is 0.194. The number of hydrogen-bond donors (Lipinski definition) is 6. The van der Waals surface area contributed by atoms with E-state index in [9.17, 15) is 0 Å². The monoisotopic (exact) mass is 308 g/mol. The summed E-state index contributed by atoms with van der Waals surface area (Å²) >= 11 is 0. The summed E-state index contributed by atoms with van der Waals surface area (Å²) in [5.74, 6) is -0.0524. The largest absolute Gasteiger partial charge is 0.508 e. The molecule has 6 heteroatoms. The van der Waals surface area contributed by atoms with Crippen molar-refractivity contribution in [1.29, 1.82) is 0 Å². The molecule has 0 fully saturated rings. The average molecular weight is 308 g/mol. The Morgan fingerprint density at radius 3 is 1.59 bits per heavy atom. The number of phenols is 4. The summed E-state index contributed by atoms with van der Waals surface area (Å²) in [6.07, 6.45) is -1.47. The maximum atomic E-state index is 9.14. The quantitative estimate of drug-likeness (QED) is 0.473. The van der Waals surface area contributed by atoms with E-state index in [1.807, 2.05) is 0 Å². The minimum Gasteiger partial charge on any atom is -0.508 e. The summed E-state index contributed by atoms with van der Waals surface area (Å²) < 4.78 is 0. The summed E-state index contributed by atoms with van der Waals surface area (Å²) in [5.41, 5.74) is 0.757. The van der Waals surface area contributed by atoms with Gasteiger partial charge in [-0.3, -0.25) is 0 Å². The molecule has 0 saturated heterocycles. The third-order valence-electron chi connectivity index (χ3n) is 2.93. The standard InChI is InChI=1S/2C8H10O3/c1-5(9)7-4-6(10)2-3-8(7)11;1-5(9)7-3-2-6(10)4-8(7)11/h2*2-5,9-11H,1H3. The molecule has 22 heavy (non-hydrogen) atoms. The molecule has 6 nitrogen and oxygen atoms in total. The van der Waals surface area contributed by atoms with E-state index >= 15 is 0 Å². The van der Waals surface area contributed by atoms with Crippen molar-refractivity contribution >= 4 is 0 Å². The van der Waals surface area contributed by atoms with Crippen LogP contribution in [0.2, 0.25) is 0 Å². The van der Waals surface area contributed by atoms with E-state index in [4.69, 9.17) is 30.6 Å². The van der Waals surface area contributed by atoms with Crippen LogP contribution in [0.15, 0.2) is 36.4 Å². The van der Waals surface area contributed by atoms with E-state index in [-0.39, 0.29) is 23.0 Å². The van der Waals surface area contributed by atoms with Gasteiger partial charge in [0.1, 0.15) is 23.0 Å². The number of aliphatic hydroxyl groups is 2. The van der Waals surface area contributed by atoms with Crippen LogP contribution in [0, 0.1) is 0 Å². The number of rotatable bonds is 2. The summed E-state index contributed by atoms with van der Waals surface area (Å²) in [4.78, 5) is 0. The topological polar surface area (TPSA) is 121 Å². The average Bonchev–Trinajstić information content (AvgIpc) is 2.41. The zero-order chi connectivity index (χ0) is 16.9. The van der Waals surface area contributed by atoms with Crippen molar-refractivity contribution < 1.29 is 30.6 Å². The lowest BCUT2D eigenvalue weighted by Gasteiger charge is -2.06. The lowest BCUT2D eigenvalue weighted by Crippen LogP contribution is -1.90. The van der Waals surface area contributed by atoms with Crippen LogP contribution < -0.4 is 0 Å². The second kappa shape index (κ2) is 7.53. The van der Waals surface area contributed by atoms with Crippen molar-refractivity contribution in [3.63, 3.8) is 0 Å². The summed E-state index contributed by atoms with van der Waals surface area (Å²) in [6, 6.07) is 8.14. The van der Waals surface area contributed by atoms with E-state index in [2.05, 4.69) is 0 Å². The maximum absolute atomic E-state index is 9.14. The molecule has 0 aliphatic carbocycles. The van der Waals surface area contributed by atoms with Gasteiger partial charge in [-0.25, -0.2) is 0 Å². The molecular weight excluding hydrogens is 288 g/mol. The third-order valence-corrected chi connectivity index (χ3v) is 2.93. The Hall–Kier alpha value is -2.44. The number of phenolic OH excluding ortho intramolecular Hbond substituents is 4. The van der Waals surface area contributed by atoms with Crippen molar-refractivity contribution in [1.82, 2.24) is 0 Å². The Balaban J connectivity index is 0.000000220. The van der Waals surface area contributed by atoms with Gasteiger partial charge in [-0.15, -0.1) is 0 Å². The Morgan fingerprint density at radius 1 is 0.636 bits per heavy atom. The molecule has 0 aromatic heterocycles. The summed E-state index contributed by atoms with van der Waals surface area (Å²) in [5, 5.41) is 54.2. The molecule has 6 N–H and O–H groups in total. The van der Waals surface area contributed by atoms with E-state index in [0.29, 0.717) is 11.1 Å². The van der Waals surface area contributed by atoms with Gasteiger partial charge in [-0.2, -0.15) is 0 Å². The number of benzene rings is 2. The van der Waals surface area contributed by atoms with Crippen molar-refractivity contribution in [2.45, 2.75) is 26.1 Å². The number of hydrogen-bond acceptors (Lipinski definition) is 6. The van der Waals surface area contributed by atoms with Gasteiger partial charge in [-0.05, 0) is 44.2 Å². The first-order valence-electron chi connectivity index (χ1n) is 6.62. The highest BCUT2D eigenvalue weighted by atomic mass is 16.3. The Kier molecular flexibility index (Phi) is 6.03. The highest BCUT2D eigenvalue weighted by Gasteiger charge is 2.07. The van der Waals surface area contributed by atoms with E-state index < -0.39 is 12.2 Å². The molecule has 0 aliphatic heterocycles. The first-order valence-corrected chi connectivity index (χ1v) is 6.62. The van der Waals surface area contributed by atoms with Crippen molar-refractivity contribution in [2.24, 2.45) is 0 Å². The molecule has 0 bridgehead atoms. The fourth-order valence-corrected chi connectivity index (χ4v) is 1.76. The third kappa shape index (κ3) is 4.83. The first kappa shape index (κ1) is 17.6. The molecule has 2 atom stereocenters. The van der Waals surface area contributed by atoms with Crippen molar-refractivity contribution in [2.75, 3.05) is 0 Å². The second-order valence-corrected chi connectivity index (χ2v) is 4.84. The van der Waals surface area contributed by atoms with Crippen molar-refractivity contribution in [3.8, 4) is 23.0 Å². The molecule has 0 heterocycles. The van der Waals surface area contributed by atoms with Gasteiger partial charge in [0, 0.05) is 17.2 Å². The summed E-state index contributed by atoms with van der Waals surface area (Å²) in [7, 11) is 0. The highest BCUT2D eigenvalue weighted by molar-refractivity contribution is 5.40. The van der Waals surface area contributed by atoms with Crippen molar-refractivity contribution in [3.05, 3.63) is 47.5 Å². The normalized spacial score (nSPS) is 12.9. The molecule has 0 radical (unpaired) electrons. The van der Waals surface area contributed by atoms with Crippen LogP contribution in [-0.4, -0.2) is 30.6 Å². The van der Waals surface area contributed by atoms with Gasteiger partial charge in [0.15, 0.2) is 0 Å². The predicted molar refractivity (Wildman–Crippen MR) is 80.8 cm³/mol. The first-order chi connectivity index (χ1) is 10.2. The van der Waals surface area contributed by atoms with E-state index in [0.717, 1.165) is 0 Å². The molecule has 0 aliphatic rings. The number of aromatic hydroxyl groups is 4. The Bertz CT molecular complexity index is 622. The van der Waals surface area contributed by atoms with Crippen LogP contribution in [0.4, 0.5) is 0 Å². The molecule has 120 valence electrons. The molecular formula is C16H20O6. The van der Waals surface area contributed by atoms with Crippen LogP contribution in [0.3, 0.4) is 0 Å². The maximum Gasteiger partial charge on any atom is 0.125 e. The SMILES string of the molecule is CC(O)c1cc(O)ccc1O.CC(O)c1ccc(O)cc1O. The van der Waals surface area contributed by atoms with Crippen LogP contribution in [0.25, 0.3) is 0 Å². The molecule has 2 aromatic carbocycles. The molecule has 2 unspecified atom stereocenters. The Morgan fingerprint density at radius 2 is 1.14 bits per heavy atom. The highest BCUT2D eigenvalue weighted by Crippen LogP contribution is 2.28. The number of aliphatic hydroxyl groups excluding tert-OH is 2. The summed E-state index contributed by atoms with van der Waals surface area (Å²) in [6.45, 7) is 3.07.